The van der Waals surface area contributed by atoms with Gasteiger partial charge in [0.15, 0.2) is 23.4 Å². The summed E-state index contributed by atoms with van der Waals surface area (Å²) in [4.78, 5) is 8.63. The first kappa shape index (κ1) is 14.4. The fourth-order valence-electron chi connectivity index (χ4n) is 2.20. The average molecular weight is 325 g/mol. The molecule has 1 aromatic heterocycles. The van der Waals surface area contributed by atoms with Crippen LogP contribution < -0.4 is 9.47 Å². The third kappa shape index (κ3) is 2.78. The normalized spacial score (nSPS) is 17.1. The van der Waals surface area contributed by atoms with Crippen LogP contribution in [0.25, 0.3) is 0 Å². The molecule has 1 aliphatic heterocycles. The van der Waals surface area contributed by atoms with Crippen LogP contribution in [-0.2, 0) is 0 Å². The van der Waals surface area contributed by atoms with E-state index in [4.69, 9.17) is 32.7 Å². The first-order chi connectivity index (χ1) is 10.1. The Morgan fingerprint density at radius 2 is 1.71 bits per heavy atom. The van der Waals surface area contributed by atoms with Crippen LogP contribution in [0.2, 0.25) is 10.3 Å². The van der Waals surface area contributed by atoms with Gasteiger partial charge in [-0.3, -0.25) is 0 Å². The van der Waals surface area contributed by atoms with Gasteiger partial charge in [0, 0.05) is 5.56 Å². The van der Waals surface area contributed by atoms with Crippen molar-refractivity contribution in [3.05, 3.63) is 46.0 Å². The SMILES string of the molecule is CC(C)c1c(Cl)nc(C2COc3ccccc3O2)nc1Cl. The molecule has 21 heavy (non-hydrogen) atoms. The molecule has 0 aliphatic carbocycles. The molecule has 6 heteroatoms. The lowest BCUT2D eigenvalue weighted by atomic mass is 10.1. The van der Waals surface area contributed by atoms with E-state index >= 15 is 0 Å². The summed E-state index contributed by atoms with van der Waals surface area (Å²) < 4.78 is 11.5. The van der Waals surface area contributed by atoms with Crippen LogP contribution in [0.4, 0.5) is 0 Å². The van der Waals surface area contributed by atoms with Crippen molar-refractivity contribution in [2.45, 2.75) is 25.9 Å². The Labute approximate surface area is 133 Å². The van der Waals surface area contributed by atoms with E-state index in [0.29, 0.717) is 34.2 Å². The van der Waals surface area contributed by atoms with Crippen molar-refractivity contribution in [3.63, 3.8) is 0 Å². The highest BCUT2D eigenvalue weighted by Gasteiger charge is 2.26. The summed E-state index contributed by atoms with van der Waals surface area (Å²) in [5.74, 6) is 1.97. The number of ether oxygens (including phenoxy) is 2. The minimum atomic E-state index is -0.420. The van der Waals surface area contributed by atoms with Crippen molar-refractivity contribution in [1.29, 1.82) is 0 Å². The van der Waals surface area contributed by atoms with Crippen LogP contribution in [0, 0.1) is 0 Å². The number of nitrogens with zero attached hydrogens (tertiary/aromatic N) is 2. The van der Waals surface area contributed by atoms with Gasteiger partial charge >= 0.3 is 0 Å². The highest BCUT2D eigenvalue weighted by Crippen LogP contribution is 2.36. The van der Waals surface area contributed by atoms with Crippen LogP contribution in [0.1, 0.15) is 37.3 Å². The van der Waals surface area contributed by atoms with Gasteiger partial charge in [0.1, 0.15) is 16.9 Å². The summed E-state index contributed by atoms with van der Waals surface area (Å²) in [6, 6.07) is 7.47. The molecular weight excluding hydrogens is 311 g/mol. The molecule has 0 bridgehead atoms. The Kier molecular flexibility index (Phi) is 3.91. The molecule has 0 fully saturated rings. The number of hydrogen-bond acceptors (Lipinski definition) is 4. The van der Waals surface area contributed by atoms with Crippen molar-refractivity contribution in [2.75, 3.05) is 6.61 Å². The van der Waals surface area contributed by atoms with Crippen molar-refractivity contribution in [2.24, 2.45) is 0 Å². The van der Waals surface area contributed by atoms with Crippen molar-refractivity contribution in [1.82, 2.24) is 9.97 Å². The Morgan fingerprint density at radius 1 is 1.10 bits per heavy atom. The maximum absolute atomic E-state index is 6.22. The van der Waals surface area contributed by atoms with Crippen LogP contribution in [-0.4, -0.2) is 16.6 Å². The van der Waals surface area contributed by atoms with Gasteiger partial charge in [0.2, 0.25) is 0 Å². The monoisotopic (exact) mass is 324 g/mol. The first-order valence-corrected chi connectivity index (χ1v) is 7.43. The number of rotatable bonds is 2. The molecule has 0 saturated carbocycles. The molecule has 0 saturated heterocycles. The van der Waals surface area contributed by atoms with E-state index < -0.39 is 6.10 Å². The molecule has 1 aromatic carbocycles. The number of aromatic nitrogens is 2. The molecule has 1 unspecified atom stereocenters. The summed E-state index contributed by atoms with van der Waals surface area (Å²) >= 11 is 12.4. The van der Waals surface area contributed by atoms with Gasteiger partial charge < -0.3 is 9.47 Å². The molecule has 3 rings (SSSR count). The van der Waals surface area contributed by atoms with Gasteiger partial charge in [-0.05, 0) is 18.1 Å². The summed E-state index contributed by atoms with van der Waals surface area (Å²) in [7, 11) is 0. The Hall–Kier alpha value is -1.52. The molecule has 2 heterocycles. The second-order valence-electron chi connectivity index (χ2n) is 5.10. The van der Waals surface area contributed by atoms with Crippen molar-refractivity contribution in [3.8, 4) is 11.5 Å². The first-order valence-electron chi connectivity index (χ1n) is 6.67. The van der Waals surface area contributed by atoms with Crippen LogP contribution in [0.3, 0.4) is 0 Å². The third-order valence-corrected chi connectivity index (χ3v) is 3.82. The average Bonchev–Trinajstić information content (AvgIpc) is 2.45. The van der Waals surface area contributed by atoms with Gasteiger partial charge in [-0.25, -0.2) is 9.97 Å². The molecule has 110 valence electrons. The topological polar surface area (TPSA) is 44.2 Å². The van der Waals surface area contributed by atoms with Gasteiger partial charge in [-0.15, -0.1) is 0 Å². The third-order valence-electron chi connectivity index (χ3n) is 3.24. The van der Waals surface area contributed by atoms with Crippen molar-refractivity contribution < 1.29 is 9.47 Å². The van der Waals surface area contributed by atoms with E-state index in [1.165, 1.54) is 0 Å². The molecule has 0 N–H and O–H groups in total. The molecule has 1 aliphatic rings. The van der Waals surface area contributed by atoms with E-state index in [0.717, 1.165) is 5.56 Å². The maximum Gasteiger partial charge on any atom is 0.192 e. The lowest BCUT2D eigenvalue weighted by Gasteiger charge is -2.25. The minimum Gasteiger partial charge on any atom is -0.485 e. The second-order valence-corrected chi connectivity index (χ2v) is 5.81. The summed E-state index contributed by atoms with van der Waals surface area (Å²) in [5, 5.41) is 0.727. The zero-order valence-corrected chi connectivity index (χ0v) is 13.1. The smallest absolute Gasteiger partial charge is 0.192 e. The van der Waals surface area contributed by atoms with E-state index in [1.54, 1.807) is 0 Å². The molecule has 0 amide bonds. The zero-order valence-electron chi connectivity index (χ0n) is 11.6. The number of para-hydroxylation sites is 2. The highest BCUT2D eigenvalue weighted by molar-refractivity contribution is 6.34. The molecule has 4 nitrogen and oxygen atoms in total. The second kappa shape index (κ2) is 5.70. The van der Waals surface area contributed by atoms with E-state index in [2.05, 4.69) is 9.97 Å². The van der Waals surface area contributed by atoms with Crippen LogP contribution in [0.5, 0.6) is 11.5 Å². The highest BCUT2D eigenvalue weighted by atomic mass is 35.5. The van der Waals surface area contributed by atoms with E-state index in [-0.39, 0.29) is 5.92 Å². The largest absolute Gasteiger partial charge is 0.485 e. The molecule has 2 aromatic rings. The van der Waals surface area contributed by atoms with Gasteiger partial charge in [-0.1, -0.05) is 49.2 Å². The zero-order chi connectivity index (χ0) is 15.0. The number of benzene rings is 1. The lowest BCUT2D eigenvalue weighted by molar-refractivity contribution is 0.0850. The van der Waals surface area contributed by atoms with Crippen molar-refractivity contribution >= 4 is 23.2 Å². The molecule has 1 atom stereocenters. The Bertz CT molecular complexity index is 653. The fraction of sp³-hybridized carbons (Fsp3) is 0.333. The lowest BCUT2D eigenvalue weighted by Crippen LogP contribution is -2.24. The number of fused-ring (bicyclic) bond motifs is 1. The summed E-state index contributed by atoms with van der Waals surface area (Å²) in [6.07, 6.45) is -0.420. The van der Waals surface area contributed by atoms with Gasteiger partial charge in [-0.2, -0.15) is 0 Å². The molecular formula is C15H14Cl2N2O2. The standard InChI is InChI=1S/C15H14Cl2N2O2/c1-8(2)12-13(16)18-15(19-14(12)17)11-7-20-9-5-3-4-6-10(9)21-11/h3-6,8,11H,7H2,1-2H3. The molecule has 0 radical (unpaired) electrons. The Balaban J connectivity index is 1.92. The van der Waals surface area contributed by atoms with Crippen LogP contribution >= 0.6 is 23.2 Å². The van der Waals surface area contributed by atoms with Gasteiger partial charge in [0.25, 0.3) is 0 Å². The Morgan fingerprint density at radius 3 is 2.33 bits per heavy atom. The number of halogens is 2. The van der Waals surface area contributed by atoms with E-state index in [1.807, 2.05) is 38.1 Å². The predicted octanol–water partition coefficient (Wildman–Crippen LogP) is 4.42. The van der Waals surface area contributed by atoms with Gasteiger partial charge in [0.05, 0.1) is 0 Å². The number of hydrogen-bond donors (Lipinski definition) is 0. The quantitative estimate of drug-likeness (QED) is 0.767. The summed E-state index contributed by atoms with van der Waals surface area (Å²) in [5.41, 5.74) is 0.749. The van der Waals surface area contributed by atoms with E-state index in [9.17, 15) is 0 Å². The maximum atomic E-state index is 6.22. The molecule has 0 spiro atoms. The van der Waals surface area contributed by atoms with Crippen LogP contribution in [0.15, 0.2) is 24.3 Å². The predicted molar refractivity (Wildman–Crippen MR) is 81.4 cm³/mol. The minimum absolute atomic E-state index is 0.156. The fourth-order valence-corrected chi connectivity index (χ4v) is 3.04. The summed E-state index contributed by atoms with van der Waals surface area (Å²) in [6.45, 7) is 4.31.